The molecule has 0 radical (unpaired) electrons. The number of amides is 1. The molecule has 0 unspecified atom stereocenters. The Labute approximate surface area is 177 Å². The predicted molar refractivity (Wildman–Crippen MR) is 107 cm³/mol. The Morgan fingerprint density at radius 1 is 1.20 bits per heavy atom. The number of nitrogens with one attached hydrogen (secondary N) is 1. The van der Waals surface area contributed by atoms with E-state index in [9.17, 15) is 18.0 Å². The SMILES string of the molecule is COc1ccc(-c2csc(NC(=O)CSc3nccc(C(F)(F)F)n3)n2)c(OC)c1. The van der Waals surface area contributed by atoms with Crippen LogP contribution in [0.4, 0.5) is 18.3 Å². The zero-order chi connectivity index (χ0) is 21.7. The molecule has 158 valence electrons. The average Bonchev–Trinajstić information content (AvgIpc) is 3.19. The minimum absolute atomic E-state index is 0.136. The zero-order valence-corrected chi connectivity index (χ0v) is 17.3. The van der Waals surface area contributed by atoms with Crippen molar-refractivity contribution in [2.75, 3.05) is 25.3 Å². The van der Waals surface area contributed by atoms with Gasteiger partial charge in [0, 0.05) is 23.2 Å². The molecule has 0 aliphatic rings. The van der Waals surface area contributed by atoms with E-state index in [1.807, 2.05) is 0 Å². The Hall–Kier alpha value is -2.86. The second kappa shape index (κ2) is 9.30. The Morgan fingerprint density at radius 3 is 2.70 bits per heavy atom. The van der Waals surface area contributed by atoms with Gasteiger partial charge in [-0.2, -0.15) is 13.2 Å². The van der Waals surface area contributed by atoms with E-state index < -0.39 is 17.8 Å². The molecule has 0 aliphatic carbocycles. The van der Waals surface area contributed by atoms with Crippen LogP contribution in [0.3, 0.4) is 0 Å². The first kappa shape index (κ1) is 21.8. The van der Waals surface area contributed by atoms with Crippen molar-refractivity contribution in [3.8, 4) is 22.8 Å². The number of hydrogen-bond acceptors (Lipinski definition) is 8. The molecular formula is C18H15F3N4O3S2. The molecule has 0 bridgehead atoms. The molecule has 30 heavy (non-hydrogen) atoms. The summed E-state index contributed by atoms with van der Waals surface area (Å²) in [5, 5.41) is 4.57. The molecule has 2 aromatic heterocycles. The van der Waals surface area contributed by atoms with Gasteiger partial charge in [0.25, 0.3) is 0 Å². The molecule has 0 saturated carbocycles. The maximum absolute atomic E-state index is 12.7. The number of methoxy groups -OCH3 is 2. The summed E-state index contributed by atoms with van der Waals surface area (Å²) in [6.45, 7) is 0. The van der Waals surface area contributed by atoms with Gasteiger partial charge in [-0.25, -0.2) is 15.0 Å². The third kappa shape index (κ3) is 5.39. The standard InChI is InChI=1S/C18H15F3N4O3S2/c1-27-10-3-4-11(13(7-10)28-2)12-8-29-17(23-12)25-15(26)9-30-16-22-6-5-14(24-16)18(19,20)21/h3-8H,9H2,1-2H3,(H,23,25,26). The van der Waals surface area contributed by atoms with Crippen molar-refractivity contribution < 1.29 is 27.4 Å². The second-order valence-electron chi connectivity index (χ2n) is 5.66. The van der Waals surface area contributed by atoms with E-state index in [-0.39, 0.29) is 10.9 Å². The fraction of sp³-hybridized carbons (Fsp3) is 0.222. The van der Waals surface area contributed by atoms with Crippen molar-refractivity contribution in [1.82, 2.24) is 15.0 Å². The minimum atomic E-state index is -4.57. The first-order chi connectivity index (χ1) is 14.3. The number of anilines is 1. The van der Waals surface area contributed by atoms with Gasteiger partial charge in [-0.05, 0) is 18.2 Å². The lowest BCUT2D eigenvalue weighted by Gasteiger charge is -2.08. The molecule has 0 saturated heterocycles. The largest absolute Gasteiger partial charge is 0.497 e. The number of carbonyl (C=O) groups excluding carboxylic acids is 1. The van der Waals surface area contributed by atoms with Crippen molar-refractivity contribution in [2.45, 2.75) is 11.3 Å². The van der Waals surface area contributed by atoms with Gasteiger partial charge < -0.3 is 14.8 Å². The van der Waals surface area contributed by atoms with Gasteiger partial charge in [0.2, 0.25) is 5.91 Å². The van der Waals surface area contributed by atoms with Crippen LogP contribution in [-0.2, 0) is 11.0 Å². The Morgan fingerprint density at radius 2 is 2.00 bits per heavy atom. The first-order valence-corrected chi connectivity index (χ1v) is 10.2. The highest BCUT2D eigenvalue weighted by atomic mass is 32.2. The highest BCUT2D eigenvalue weighted by molar-refractivity contribution is 7.99. The summed E-state index contributed by atoms with van der Waals surface area (Å²) in [7, 11) is 3.08. The van der Waals surface area contributed by atoms with Crippen molar-refractivity contribution in [3.05, 3.63) is 41.5 Å². The van der Waals surface area contributed by atoms with Crippen molar-refractivity contribution >= 4 is 34.1 Å². The second-order valence-corrected chi connectivity index (χ2v) is 7.46. The van der Waals surface area contributed by atoms with E-state index in [2.05, 4.69) is 20.3 Å². The molecule has 3 rings (SSSR count). The molecule has 1 aromatic carbocycles. The Bertz CT molecular complexity index is 1040. The quantitative estimate of drug-likeness (QED) is 0.417. The number of thiazole rings is 1. The number of carbonyl (C=O) groups is 1. The third-order valence-corrected chi connectivity index (χ3v) is 5.31. The van der Waals surface area contributed by atoms with Crippen molar-refractivity contribution in [2.24, 2.45) is 0 Å². The monoisotopic (exact) mass is 456 g/mol. The van der Waals surface area contributed by atoms with E-state index in [0.717, 1.165) is 29.6 Å². The number of benzene rings is 1. The summed E-state index contributed by atoms with van der Waals surface area (Å²) in [5.74, 6) is 0.591. The van der Waals surface area contributed by atoms with Crippen LogP contribution in [-0.4, -0.2) is 40.8 Å². The molecular weight excluding hydrogens is 441 g/mol. The molecule has 1 N–H and O–H groups in total. The van der Waals surface area contributed by atoms with Gasteiger partial charge in [-0.3, -0.25) is 4.79 Å². The van der Waals surface area contributed by atoms with E-state index in [4.69, 9.17) is 9.47 Å². The number of nitrogens with zero attached hydrogens (tertiary/aromatic N) is 3. The van der Waals surface area contributed by atoms with E-state index in [0.29, 0.717) is 22.3 Å². The number of ether oxygens (including phenoxy) is 2. The van der Waals surface area contributed by atoms with Crippen LogP contribution in [0.1, 0.15) is 5.69 Å². The fourth-order valence-corrected chi connectivity index (χ4v) is 3.68. The van der Waals surface area contributed by atoms with Crippen LogP contribution in [0.2, 0.25) is 0 Å². The summed E-state index contributed by atoms with van der Waals surface area (Å²) >= 11 is 2.01. The summed E-state index contributed by atoms with van der Waals surface area (Å²) in [6.07, 6.45) is -3.56. The molecule has 7 nitrogen and oxygen atoms in total. The number of aromatic nitrogens is 3. The smallest absolute Gasteiger partial charge is 0.433 e. The number of halogens is 3. The van der Waals surface area contributed by atoms with E-state index in [1.165, 1.54) is 18.4 Å². The van der Waals surface area contributed by atoms with Gasteiger partial charge in [-0.1, -0.05) is 11.8 Å². The number of rotatable bonds is 7. The summed E-state index contributed by atoms with van der Waals surface area (Å²) in [6, 6.07) is 6.05. The number of hydrogen-bond donors (Lipinski definition) is 1. The number of thioether (sulfide) groups is 1. The maximum Gasteiger partial charge on any atom is 0.433 e. The van der Waals surface area contributed by atoms with Crippen LogP contribution in [0.15, 0.2) is 41.0 Å². The highest BCUT2D eigenvalue weighted by Crippen LogP contribution is 2.35. The summed E-state index contributed by atoms with van der Waals surface area (Å²) in [5.41, 5.74) is 0.267. The molecule has 2 heterocycles. The van der Waals surface area contributed by atoms with E-state index >= 15 is 0 Å². The lowest BCUT2D eigenvalue weighted by atomic mass is 10.1. The molecule has 0 fully saturated rings. The maximum atomic E-state index is 12.7. The lowest BCUT2D eigenvalue weighted by molar-refractivity contribution is -0.141. The molecule has 0 aliphatic heterocycles. The van der Waals surface area contributed by atoms with Crippen molar-refractivity contribution in [1.29, 1.82) is 0 Å². The van der Waals surface area contributed by atoms with E-state index in [1.54, 1.807) is 30.7 Å². The van der Waals surface area contributed by atoms with Crippen LogP contribution in [0.25, 0.3) is 11.3 Å². The van der Waals surface area contributed by atoms with Crippen LogP contribution in [0.5, 0.6) is 11.5 Å². The summed E-state index contributed by atoms with van der Waals surface area (Å²) < 4.78 is 48.6. The van der Waals surface area contributed by atoms with Gasteiger partial charge in [0.15, 0.2) is 10.3 Å². The number of alkyl halides is 3. The van der Waals surface area contributed by atoms with Crippen LogP contribution < -0.4 is 14.8 Å². The third-order valence-electron chi connectivity index (χ3n) is 3.69. The molecule has 3 aromatic rings. The van der Waals surface area contributed by atoms with Gasteiger partial charge in [0.05, 0.1) is 25.7 Å². The topological polar surface area (TPSA) is 86.2 Å². The molecule has 0 atom stereocenters. The van der Waals surface area contributed by atoms with Gasteiger partial charge in [-0.15, -0.1) is 11.3 Å². The van der Waals surface area contributed by atoms with Gasteiger partial charge >= 0.3 is 6.18 Å². The predicted octanol–water partition coefficient (Wildman–Crippen LogP) is 4.37. The molecule has 0 spiro atoms. The van der Waals surface area contributed by atoms with Crippen LogP contribution >= 0.6 is 23.1 Å². The molecule has 12 heteroatoms. The minimum Gasteiger partial charge on any atom is -0.497 e. The first-order valence-electron chi connectivity index (χ1n) is 8.31. The highest BCUT2D eigenvalue weighted by Gasteiger charge is 2.32. The Balaban J connectivity index is 1.63. The van der Waals surface area contributed by atoms with Crippen molar-refractivity contribution in [3.63, 3.8) is 0 Å². The summed E-state index contributed by atoms with van der Waals surface area (Å²) in [4.78, 5) is 23.7. The Kier molecular flexibility index (Phi) is 6.77. The van der Waals surface area contributed by atoms with Crippen LogP contribution in [0, 0.1) is 0 Å². The molecule has 1 amide bonds. The zero-order valence-electron chi connectivity index (χ0n) is 15.7. The fourth-order valence-electron chi connectivity index (χ4n) is 2.32. The van der Waals surface area contributed by atoms with Gasteiger partial charge in [0.1, 0.15) is 17.2 Å². The average molecular weight is 456 g/mol. The normalized spacial score (nSPS) is 11.2. The lowest BCUT2D eigenvalue weighted by Crippen LogP contribution is -2.14.